The molecular formula is C8H8F3NOS. The summed E-state index contributed by atoms with van der Waals surface area (Å²) in [5.74, 6) is -0.498. The number of nitrogens with two attached hydrogens (primary N) is 1. The van der Waals surface area contributed by atoms with Gasteiger partial charge in [0, 0.05) is 10.5 Å². The van der Waals surface area contributed by atoms with Crippen LogP contribution in [0.4, 0.5) is 13.2 Å². The van der Waals surface area contributed by atoms with Crippen LogP contribution < -0.4 is 5.73 Å². The van der Waals surface area contributed by atoms with Crippen molar-refractivity contribution < 1.29 is 18.3 Å². The standard InChI is InChI=1S/C8H8F3NOS/c9-8(10,11)7(12)5-2-1-4(14)3-6(5)13/h1-3,7,13-14H,12H2/t7-/m1/s1. The zero-order valence-corrected chi connectivity index (χ0v) is 7.81. The molecule has 0 amide bonds. The Morgan fingerprint density at radius 1 is 1.36 bits per heavy atom. The molecule has 0 saturated heterocycles. The number of halogens is 3. The summed E-state index contributed by atoms with van der Waals surface area (Å²) in [4.78, 5) is 0.376. The van der Waals surface area contributed by atoms with Gasteiger partial charge >= 0.3 is 6.18 Å². The molecule has 1 atom stereocenters. The van der Waals surface area contributed by atoms with E-state index in [1.165, 1.54) is 6.07 Å². The van der Waals surface area contributed by atoms with Crippen LogP contribution in [0.25, 0.3) is 0 Å². The number of hydrogen-bond acceptors (Lipinski definition) is 3. The molecule has 0 spiro atoms. The zero-order chi connectivity index (χ0) is 10.9. The van der Waals surface area contributed by atoms with Crippen LogP contribution in [0.2, 0.25) is 0 Å². The highest BCUT2D eigenvalue weighted by Gasteiger charge is 2.39. The topological polar surface area (TPSA) is 46.2 Å². The van der Waals surface area contributed by atoms with E-state index in [9.17, 15) is 18.3 Å². The van der Waals surface area contributed by atoms with Gasteiger partial charge in [0.1, 0.15) is 11.8 Å². The highest BCUT2D eigenvalue weighted by atomic mass is 32.1. The third-order valence-corrected chi connectivity index (χ3v) is 1.98. The number of aromatic hydroxyl groups is 1. The normalized spacial score (nSPS) is 14.1. The van der Waals surface area contributed by atoms with Crippen LogP contribution in [0.15, 0.2) is 23.1 Å². The molecule has 0 heterocycles. The Morgan fingerprint density at radius 3 is 2.36 bits per heavy atom. The van der Waals surface area contributed by atoms with Crippen molar-refractivity contribution in [3.05, 3.63) is 23.8 Å². The number of thiol groups is 1. The smallest absolute Gasteiger partial charge is 0.407 e. The Morgan fingerprint density at radius 2 is 1.93 bits per heavy atom. The Bertz CT molecular complexity index is 340. The number of phenols is 1. The van der Waals surface area contributed by atoms with Crippen molar-refractivity contribution >= 4 is 12.6 Å². The lowest BCUT2D eigenvalue weighted by molar-refractivity contribution is -0.149. The molecule has 1 aromatic carbocycles. The number of rotatable bonds is 1. The Hall–Kier alpha value is -0.880. The second-order valence-electron chi connectivity index (χ2n) is 2.76. The van der Waals surface area contributed by atoms with Crippen molar-refractivity contribution in [2.45, 2.75) is 17.1 Å². The van der Waals surface area contributed by atoms with Gasteiger partial charge < -0.3 is 10.8 Å². The molecule has 1 rings (SSSR count). The molecule has 0 unspecified atom stereocenters. The monoisotopic (exact) mass is 223 g/mol. The van der Waals surface area contributed by atoms with E-state index in [-0.39, 0.29) is 5.56 Å². The van der Waals surface area contributed by atoms with E-state index in [0.717, 1.165) is 12.1 Å². The number of benzene rings is 1. The van der Waals surface area contributed by atoms with Gasteiger partial charge in [0.15, 0.2) is 0 Å². The number of alkyl halides is 3. The minimum Gasteiger partial charge on any atom is -0.508 e. The van der Waals surface area contributed by atoms with Crippen molar-refractivity contribution in [1.82, 2.24) is 0 Å². The quantitative estimate of drug-likeness (QED) is 0.639. The van der Waals surface area contributed by atoms with Gasteiger partial charge in [0.2, 0.25) is 0 Å². The minimum absolute atomic E-state index is 0.352. The van der Waals surface area contributed by atoms with Crippen molar-refractivity contribution in [2.24, 2.45) is 5.73 Å². The summed E-state index contributed by atoms with van der Waals surface area (Å²) in [7, 11) is 0. The second kappa shape index (κ2) is 3.70. The highest BCUT2D eigenvalue weighted by molar-refractivity contribution is 7.80. The molecule has 2 nitrogen and oxygen atoms in total. The van der Waals surface area contributed by atoms with Crippen molar-refractivity contribution in [2.75, 3.05) is 0 Å². The molecule has 3 N–H and O–H groups in total. The average Bonchev–Trinajstić information content (AvgIpc) is 2.01. The average molecular weight is 223 g/mol. The van der Waals surface area contributed by atoms with E-state index in [0.29, 0.717) is 4.90 Å². The number of hydrogen-bond donors (Lipinski definition) is 3. The van der Waals surface area contributed by atoms with Gasteiger partial charge in [-0.2, -0.15) is 13.2 Å². The first kappa shape index (κ1) is 11.2. The van der Waals surface area contributed by atoms with E-state index in [1.54, 1.807) is 0 Å². The maximum atomic E-state index is 12.2. The molecule has 1 aromatic rings. The Balaban J connectivity index is 3.08. The van der Waals surface area contributed by atoms with Crippen molar-refractivity contribution in [3.63, 3.8) is 0 Å². The molecule has 14 heavy (non-hydrogen) atoms. The van der Waals surface area contributed by atoms with Crippen LogP contribution in [-0.4, -0.2) is 11.3 Å². The molecule has 0 aliphatic carbocycles. The molecule has 0 aliphatic heterocycles. The maximum absolute atomic E-state index is 12.2. The van der Waals surface area contributed by atoms with Crippen LogP contribution in [0.5, 0.6) is 5.75 Å². The molecule has 0 fully saturated rings. The first-order chi connectivity index (χ1) is 6.32. The zero-order valence-electron chi connectivity index (χ0n) is 6.92. The predicted molar refractivity (Wildman–Crippen MR) is 48.3 cm³/mol. The third-order valence-electron chi connectivity index (χ3n) is 1.70. The summed E-state index contributed by atoms with van der Waals surface area (Å²) in [6.45, 7) is 0. The fourth-order valence-electron chi connectivity index (χ4n) is 0.971. The molecular weight excluding hydrogens is 215 g/mol. The van der Waals surface area contributed by atoms with Gasteiger partial charge in [0.25, 0.3) is 0 Å². The lowest BCUT2D eigenvalue weighted by atomic mass is 10.1. The van der Waals surface area contributed by atoms with Crippen LogP contribution in [0.3, 0.4) is 0 Å². The molecule has 0 saturated carbocycles. The summed E-state index contributed by atoms with van der Waals surface area (Å²) >= 11 is 3.86. The summed E-state index contributed by atoms with van der Waals surface area (Å²) in [5, 5.41) is 9.20. The van der Waals surface area contributed by atoms with Gasteiger partial charge in [-0.1, -0.05) is 6.07 Å². The van der Waals surface area contributed by atoms with Crippen LogP contribution in [0, 0.1) is 0 Å². The minimum atomic E-state index is -4.56. The summed E-state index contributed by atoms with van der Waals surface area (Å²) in [6, 6.07) is 1.39. The summed E-state index contributed by atoms with van der Waals surface area (Å²) in [5.41, 5.74) is 4.56. The summed E-state index contributed by atoms with van der Waals surface area (Å²) in [6.07, 6.45) is -4.56. The van der Waals surface area contributed by atoms with Crippen LogP contribution in [0.1, 0.15) is 11.6 Å². The maximum Gasteiger partial charge on any atom is 0.407 e. The predicted octanol–water partition coefficient (Wildman–Crippen LogP) is 2.24. The molecule has 78 valence electrons. The second-order valence-corrected chi connectivity index (χ2v) is 3.28. The third kappa shape index (κ3) is 2.33. The fourth-order valence-corrected chi connectivity index (χ4v) is 1.17. The van der Waals surface area contributed by atoms with E-state index < -0.39 is 18.0 Å². The van der Waals surface area contributed by atoms with E-state index in [1.807, 2.05) is 0 Å². The van der Waals surface area contributed by atoms with Gasteiger partial charge in [-0.05, 0) is 12.1 Å². The van der Waals surface area contributed by atoms with Crippen LogP contribution >= 0.6 is 12.6 Å². The first-order valence-corrected chi connectivity index (χ1v) is 4.11. The molecule has 0 radical (unpaired) electrons. The SMILES string of the molecule is N[C@H](c1ccc(S)cc1O)C(F)(F)F. The number of phenolic OH excluding ortho intramolecular Hbond substituents is 1. The first-order valence-electron chi connectivity index (χ1n) is 3.66. The van der Waals surface area contributed by atoms with Gasteiger partial charge in [0.05, 0.1) is 0 Å². The Kier molecular flexibility index (Phi) is 2.96. The van der Waals surface area contributed by atoms with E-state index in [2.05, 4.69) is 12.6 Å². The van der Waals surface area contributed by atoms with Gasteiger partial charge in [-0.15, -0.1) is 12.6 Å². The van der Waals surface area contributed by atoms with Crippen LogP contribution in [-0.2, 0) is 0 Å². The molecule has 6 heteroatoms. The lowest BCUT2D eigenvalue weighted by Crippen LogP contribution is -2.28. The van der Waals surface area contributed by atoms with Gasteiger partial charge in [-0.25, -0.2) is 0 Å². The fraction of sp³-hybridized carbons (Fsp3) is 0.250. The molecule has 0 bridgehead atoms. The Labute approximate surface area is 83.9 Å². The van der Waals surface area contributed by atoms with E-state index in [4.69, 9.17) is 5.73 Å². The molecule has 0 aromatic heterocycles. The summed E-state index contributed by atoms with van der Waals surface area (Å²) < 4.78 is 36.5. The highest BCUT2D eigenvalue weighted by Crippen LogP contribution is 2.35. The van der Waals surface area contributed by atoms with E-state index >= 15 is 0 Å². The van der Waals surface area contributed by atoms with Crippen molar-refractivity contribution in [3.8, 4) is 5.75 Å². The van der Waals surface area contributed by atoms with Crippen molar-refractivity contribution in [1.29, 1.82) is 0 Å². The lowest BCUT2D eigenvalue weighted by Gasteiger charge is -2.16. The van der Waals surface area contributed by atoms with Gasteiger partial charge in [-0.3, -0.25) is 0 Å². The molecule has 0 aliphatic rings. The largest absolute Gasteiger partial charge is 0.508 e.